The van der Waals surface area contributed by atoms with E-state index in [9.17, 15) is 5.11 Å². The van der Waals surface area contributed by atoms with Gasteiger partial charge in [-0.05, 0) is 43.4 Å². The standard InChI is InChI=1S/C15H23NO/c1-3-13-8-10-16(11-9-13)15-6-4-14(5-7-15)12(2)17/h4-7,12-13,17H,3,8-11H2,1-2H3/t12-/m1/s1. The van der Waals surface area contributed by atoms with Gasteiger partial charge in [-0.2, -0.15) is 0 Å². The van der Waals surface area contributed by atoms with E-state index in [0.29, 0.717) is 0 Å². The average molecular weight is 233 g/mol. The van der Waals surface area contributed by atoms with Crippen molar-refractivity contribution in [1.29, 1.82) is 0 Å². The number of hydrogen-bond acceptors (Lipinski definition) is 2. The molecule has 1 saturated heterocycles. The van der Waals surface area contributed by atoms with E-state index in [1.165, 1.54) is 38.0 Å². The molecule has 1 aliphatic heterocycles. The van der Waals surface area contributed by atoms with Crippen LogP contribution < -0.4 is 4.90 Å². The molecule has 94 valence electrons. The van der Waals surface area contributed by atoms with E-state index >= 15 is 0 Å². The first-order chi connectivity index (χ1) is 8.20. The van der Waals surface area contributed by atoms with Crippen LogP contribution in [0.3, 0.4) is 0 Å². The molecule has 1 aliphatic rings. The molecule has 0 radical (unpaired) electrons. The molecule has 0 unspecified atom stereocenters. The fourth-order valence-electron chi connectivity index (χ4n) is 2.56. The molecule has 1 fully saturated rings. The van der Waals surface area contributed by atoms with Gasteiger partial charge in [-0.3, -0.25) is 0 Å². The van der Waals surface area contributed by atoms with Gasteiger partial charge in [-0.1, -0.05) is 25.5 Å². The van der Waals surface area contributed by atoms with Gasteiger partial charge in [0.15, 0.2) is 0 Å². The molecule has 0 spiro atoms. The number of piperidine rings is 1. The molecule has 2 nitrogen and oxygen atoms in total. The van der Waals surface area contributed by atoms with Crippen LogP contribution in [-0.2, 0) is 0 Å². The third kappa shape index (κ3) is 3.01. The van der Waals surface area contributed by atoms with Gasteiger partial charge < -0.3 is 10.0 Å². The molecule has 1 aromatic carbocycles. The molecule has 1 N–H and O–H groups in total. The van der Waals surface area contributed by atoms with Crippen LogP contribution >= 0.6 is 0 Å². The number of nitrogens with zero attached hydrogens (tertiary/aromatic N) is 1. The zero-order valence-corrected chi connectivity index (χ0v) is 10.9. The summed E-state index contributed by atoms with van der Waals surface area (Å²) in [6, 6.07) is 8.33. The molecule has 0 amide bonds. The van der Waals surface area contributed by atoms with Crippen molar-refractivity contribution in [2.75, 3.05) is 18.0 Å². The highest BCUT2D eigenvalue weighted by Gasteiger charge is 2.17. The first-order valence-corrected chi connectivity index (χ1v) is 6.73. The van der Waals surface area contributed by atoms with Crippen molar-refractivity contribution in [1.82, 2.24) is 0 Å². The Bertz CT molecular complexity index is 336. The Morgan fingerprint density at radius 3 is 2.29 bits per heavy atom. The SMILES string of the molecule is CCC1CCN(c2ccc([C@@H](C)O)cc2)CC1. The Hall–Kier alpha value is -1.02. The van der Waals surface area contributed by atoms with Gasteiger partial charge in [0.1, 0.15) is 0 Å². The zero-order chi connectivity index (χ0) is 12.3. The Kier molecular flexibility index (Phi) is 4.06. The smallest absolute Gasteiger partial charge is 0.0761 e. The van der Waals surface area contributed by atoms with E-state index in [0.717, 1.165) is 11.5 Å². The Morgan fingerprint density at radius 2 is 1.82 bits per heavy atom. The topological polar surface area (TPSA) is 23.5 Å². The normalized spacial score (nSPS) is 19.4. The van der Waals surface area contributed by atoms with Crippen LogP contribution in [0.2, 0.25) is 0 Å². The lowest BCUT2D eigenvalue weighted by molar-refractivity contribution is 0.199. The van der Waals surface area contributed by atoms with Crippen molar-refractivity contribution in [3.8, 4) is 0 Å². The number of hydrogen-bond donors (Lipinski definition) is 1. The zero-order valence-electron chi connectivity index (χ0n) is 10.9. The Labute approximate surface area is 104 Å². The van der Waals surface area contributed by atoms with Crippen molar-refractivity contribution >= 4 is 5.69 Å². The summed E-state index contributed by atoms with van der Waals surface area (Å²) in [4.78, 5) is 2.46. The van der Waals surface area contributed by atoms with Crippen molar-refractivity contribution in [2.24, 2.45) is 5.92 Å². The van der Waals surface area contributed by atoms with Gasteiger partial charge in [0.05, 0.1) is 6.10 Å². The second-order valence-electron chi connectivity index (χ2n) is 5.11. The summed E-state index contributed by atoms with van der Waals surface area (Å²) in [5.41, 5.74) is 2.29. The van der Waals surface area contributed by atoms with Crippen molar-refractivity contribution in [3.63, 3.8) is 0 Å². The van der Waals surface area contributed by atoms with E-state index in [1.807, 2.05) is 19.1 Å². The third-order valence-corrected chi connectivity index (χ3v) is 3.93. The summed E-state index contributed by atoms with van der Waals surface area (Å²) in [6.45, 7) is 6.44. The molecule has 2 rings (SSSR count). The molecule has 0 saturated carbocycles. The summed E-state index contributed by atoms with van der Waals surface area (Å²) in [5, 5.41) is 9.48. The molecule has 0 aromatic heterocycles. The summed E-state index contributed by atoms with van der Waals surface area (Å²) in [5.74, 6) is 0.919. The summed E-state index contributed by atoms with van der Waals surface area (Å²) < 4.78 is 0. The first-order valence-electron chi connectivity index (χ1n) is 6.73. The van der Waals surface area contributed by atoms with E-state index in [-0.39, 0.29) is 6.10 Å². The van der Waals surface area contributed by atoms with Crippen molar-refractivity contribution in [2.45, 2.75) is 39.2 Å². The lowest BCUT2D eigenvalue weighted by Crippen LogP contribution is -2.33. The predicted octanol–water partition coefficient (Wildman–Crippen LogP) is 3.37. The highest BCUT2D eigenvalue weighted by atomic mass is 16.3. The van der Waals surface area contributed by atoms with Gasteiger partial charge in [0.2, 0.25) is 0 Å². The van der Waals surface area contributed by atoms with Crippen LogP contribution in [0.1, 0.15) is 44.8 Å². The van der Waals surface area contributed by atoms with Crippen LogP contribution in [0, 0.1) is 5.92 Å². The highest BCUT2D eigenvalue weighted by molar-refractivity contribution is 5.48. The Balaban J connectivity index is 1.99. The van der Waals surface area contributed by atoms with Gasteiger partial charge in [-0.25, -0.2) is 0 Å². The maximum atomic E-state index is 9.48. The van der Waals surface area contributed by atoms with Crippen LogP contribution in [0.5, 0.6) is 0 Å². The van der Waals surface area contributed by atoms with Gasteiger partial charge in [0, 0.05) is 18.8 Å². The minimum atomic E-state index is -0.366. The largest absolute Gasteiger partial charge is 0.389 e. The summed E-state index contributed by atoms with van der Waals surface area (Å²) in [7, 11) is 0. The number of benzene rings is 1. The summed E-state index contributed by atoms with van der Waals surface area (Å²) in [6.07, 6.45) is 3.58. The molecular weight excluding hydrogens is 210 g/mol. The number of aliphatic hydroxyl groups excluding tert-OH is 1. The fraction of sp³-hybridized carbons (Fsp3) is 0.600. The molecular formula is C15H23NO. The van der Waals surface area contributed by atoms with Crippen LogP contribution in [-0.4, -0.2) is 18.2 Å². The maximum Gasteiger partial charge on any atom is 0.0761 e. The molecule has 2 heteroatoms. The van der Waals surface area contributed by atoms with Crippen molar-refractivity contribution in [3.05, 3.63) is 29.8 Å². The monoisotopic (exact) mass is 233 g/mol. The maximum absolute atomic E-state index is 9.48. The molecule has 1 atom stereocenters. The molecule has 0 bridgehead atoms. The minimum absolute atomic E-state index is 0.366. The van der Waals surface area contributed by atoms with Gasteiger partial charge in [-0.15, -0.1) is 0 Å². The van der Waals surface area contributed by atoms with Crippen molar-refractivity contribution < 1.29 is 5.11 Å². The van der Waals surface area contributed by atoms with E-state index in [1.54, 1.807) is 0 Å². The minimum Gasteiger partial charge on any atom is -0.389 e. The number of rotatable bonds is 3. The summed E-state index contributed by atoms with van der Waals surface area (Å²) >= 11 is 0. The Morgan fingerprint density at radius 1 is 1.24 bits per heavy atom. The van der Waals surface area contributed by atoms with E-state index in [2.05, 4.69) is 24.0 Å². The van der Waals surface area contributed by atoms with Crippen LogP contribution in [0.4, 0.5) is 5.69 Å². The molecule has 0 aliphatic carbocycles. The van der Waals surface area contributed by atoms with Gasteiger partial charge in [0.25, 0.3) is 0 Å². The second-order valence-corrected chi connectivity index (χ2v) is 5.11. The second kappa shape index (κ2) is 5.54. The molecule has 17 heavy (non-hydrogen) atoms. The fourth-order valence-corrected chi connectivity index (χ4v) is 2.56. The average Bonchev–Trinajstić information content (AvgIpc) is 2.39. The van der Waals surface area contributed by atoms with Gasteiger partial charge >= 0.3 is 0 Å². The quantitative estimate of drug-likeness (QED) is 0.865. The van der Waals surface area contributed by atoms with Crippen LogP contribution in [0.25, 0.3) is 0 Å². The van der Waals surface area contributed by atoms with E-state index < -0.39 is 0 Å². The lowest BCUT2D eigenvalue weighted by Gasteiger charge is -2.33. The first kappa shape index (κ1) is 12.4. The lowest BCUT2D eigenvalue weighted by atomic mass is 9.94. The molecule has 1 heterocycles. The van der Waals surface area contributed by atoms with E-state index in [4.69, 9.17) is 0 Å². The third-order valence-electron chi connectivity index (χ3n) is 3.93. The molecule has 1 aromatic rings. The highest BCUT2D eigenvalue weighted by Crippen LogP contribution is 2.26. The predicted molar refractivity (Wildman–Crippen MR) is 72.3 cm³/mol. The number of aliphatic hydroxyl groups is 1. The van der Waals surface area contributed by atoms with Crippen LogP contribution in [0.15, 0.2) is 24.3 Å². The number of anilines is 1.